The number of amides is 1. The summed E-state index contributed by atoms with van der Waals surface area (Å²) < 4.78 is 22.6. The van der Waals surface area contributed by atoms with Crippen LogP contribution in [0.4, 0.5) is 0 Å². The third kappa shape index (κ3) is 4.45. The highest BCUT2D eigenvalue weighted by Gasteiger charge is 2.28. The van der Waals surface area contributed by atoms with Crippen molar-refractivity contribution in [1.82, 2.24) is 15.3 Å². The van der Waals surface area contributed by atoms with Crippen LogP contribution in [0.2, 0.25) is 0 Å². The zero-order valence-corrected chi connectivity index (χ0v) is 13.1. The van der Waals surface area contributed by atoms with Crippen LogP contribution in [-0.4, -0.2) is 47.6 Å². The molecule has 1 aliphatic rings. The molecule has 1 aliphatic heterocycles. The number of sulfone groups is 1. The number of hydrogen-bond donors (Lipinski definition) is 1. The highest BCUT2D eigenvalue weighted by atomic mass is 32.2. The summed E-state index contributed by atoms with van der Waals surface area (Å²) in [5.41, 5.74) is 0.863. The van der Waals surface area contributed by atoms with E-state index in [2.05, 4.69) is 15.3 Å². The Balaban J connectivity index is 1.83. The maximum absolute atomic E-state index is 11.8. The first-order valence-corrected chi connectivity index (χ1v) is 9.10. The van der Waals surface area contributed by atoms with E-state index < -0.39 is 9.84 Å². The fraction of sp³-hybridized carbons (Fsp3) is 0.583. The van der Waals surface area contributed by atoms with Crippen molar-refractivity contribution in [3.63, 3.8) is 0 Å². The standard InChI is InChI=1S/C12H17N3O3S2/c1-8-5-12(14-9(2)13-8)19-6-11(16)15-10-3-4-20(17,18)7-10/h5,10H,3-4,6-7H2,1-2H3,(H,15,16)/t10-/m0/s1. The minimum absolute atomic E-state index is 0.0507. The first kappa shape index (κ1) is 15.2. The largest absolute Gasteiger partial charge is 0.352 e. The number of hydrogen-bond acceptors (Lipinski definition) is 6. The van der Waals surface area contributed by atoms with Gasteiger partial charge in [-0.15, -0.1) is 0 Å². The highest BCUT2D eigenvalue weighted by Crippen LogP contribution is 2.16. The summed E-state index contributed by atoms with van der Waals surface area (Å²) in [6.07, 6.45) is 0.504. The fourth-order valence-electron chi connectivity index (χ4n) is 2.07. The molecular weight excluding hydrogens is 298 g/mol. The summed E-state index contributed by atoms with van der Waals surface area (Å²) >= 11 is 1.33. The van der Waals surface area contributed by atoms with Crippen LogP contribution in [0.15, 0.2) is 11.1 Å². The summed E-state index contributed by atoms with van der Waals surface area (Å²) in [4.78, 5) is 20.2. The first-order chi connectivity index (χ1) is 9.34. The van der Waals surface area contributed by atoms with Crippen molar-refractivity contribution in [1.29, 1.82) is 0 Å². The molecule has 1 amide bonds. The molecule has 1 aromatic heterocycles. The van der Waals surface area contributed by atoms with E-state index in [1.54, 1.807) is 6.92 Å². The van der Waals surface area contributed by atoms with Gasteiger partial charge in [-0.3, -0.25) is 4.79 Å². The average Bonchev–Trinajstić information content (AvgIpc) is 2.65. The number of carbonyl (C=O) groups is 1. The highest BCUT2D eigenvalue weighted by molar-refractivity contribution is 7.99. The second-order valence-corrected chi connectivity index (χ2v) is 8.08. The van der Waals surface area contributed by atoms with Gasteiger partial charge in [-0.25, -0.2) is 18.4 Å². The van der Waals surface area contributed by atoms with Crippen LogP contribution in [0.25, 0.3) is 0 Å². The molecule has 2 heterocycles. The van der Waals surface area contributed by atoms with Gasteiger partial charge in [0.15, 0.2) is 9.84 Å². The number of rotatable bonds is 4. The Morgan fingerprint density at radius 1 is 1.45 bits per heavy atom. The smallest absolute Gasteiger partial charge is 0.230 e. The number of nitrogens with zero attached hydrogens (tertiary/aromatic N) is 2. The first-order valence-electron chi connectivity index (χ1n) is 6.29. The van der Waals surface area contributed by atoms with E-state index in [4.69, 9.17) is 0 Å². The quantitative estimate of drug-likeness (QED) is 0.642. The van der Waals surface area contributed by atoms with E-state index in [1.807, 2.05) is 13.0 Å². The molecule has 1 atom stereocenters. The van der Waals surface area contributed by atoms with Gasteiger partial charge in [-0.1, -0.05) is 11.8 Å². The van der Waals surface area contributed by atoms with Gasteiger partial charge in [0.1, 0.15) is 10.9 Å². The third-order valence-corrected chi connectivity index (χ3v) is 5.57. The van der Waals surface area contributed by atoms with Gasteiger partial charge in [0.2, 0.25) is 5.91 Å². The molecule has 0 unspecified atom stereocenters. The van der Waals surface area contributed by atoms with Gasteiger partial charge >= 0.3 is 0 Å². The Kier molecular flexibility index (Phi) is 4.64. The van der Waals surface area contributed by atoms with E-state index >= 15 is 0 Å². The minimum atomic E-state index is -2.96. The third-order valence-electron chi connectivity index (χ3n) is 2.89. The average molecular weight is 315 g/mol. The molecule has 1 saturated heterocycles. The molecule has 6 nitrogen and oxygen atoms in total. The fourth-order valence-corrected chi connectivity index (χ4v) is 4.56. The summed E-state index contributed by atoms with van der Waals surface area (Å²) in [5.74, 6) is 0.956. The predicted molar refractivity (Wildman–Crippen MR) is 77.4 cm³/mol. The van der Waals surface area contributed by atoms with Gasteiger partial charge in [0.25, 0.3) is 0 Å². The van der Waals surface area contributed by atoms with Crippen molar-refractivity contribution in [2.75, 3.05) is 17.3 Å². The number of aryl methyl sites for hydroxylation is 2. The van der Waals surface area contributed by atoms with Crippen LogP contribution in [0.3, 0.4) is 0 Å². The van der Waals surface area contributed by atoms with Crippen LogP contribution in [0, 0.1) is 13.8 Å². The van der Waals surface area contributed by atoms with Gasteiger partial charge in [0.05, 0.1) is 17.3 Å². The molecule has 8 heteroatoms. The van der Waals surface area contributed by atoms with E-state index in [0.717, 1.165) is 10.7 Å². The molecule has 0 radical (unpaired) electrons. The van der Waals surface area contributed by atoms with E-state index in [1.165, 1.54) is 11.8 Å². The Labute approximate surface area is 122 Å². The molecule has 20 heavy (non-hydrogen) atoms. The van der Waals surface area contributed by atoms with Gasteiger partial charge < -0.3 is 5.32 Å². The van der Waals surface area contributed by atoms with Crippen molar-refractivity contribution in [2.45, 2.75) is 31.3 Å². The van der Waals surface area contributed by atoms with Crippen molar-refractivity contribution in [2.24, 2.45) is 0 Å². The van der Waals surface area contributed by atoms with E-state index in [9.17, 15) is 13.2 Å². The van der Waals surface area contributed by atoms with Crippen molar-refractivity contribution in [3.8, 4) is 0 Å². The number of thioether (sulfide) groups is 1. The van der Waals surface area contributed by atoms with Gasteiger partial charge in [-0.2, -0.15) is 0 Å². The predicted octanol–water partition coefficient (Wildman–Crippen LogP) is 0.489. The van der Waals surface area contributed by atoms with Crippen LogP contribution >= 0.6 is 11.8 Å². The zero-order chi connectivity index (χ0) is 14.8. The Bertz CT molecular complexity index is 596. The molecule has 2 rings (SSSR count). The lowest BCUT2D eigenvalue weighted by Gasteiger charge is -2.10. The second-order valence-electron chi connectivity index (χ2n) is 4.85. The van der Waals surface area contributed by atoms with Crippen LogP contribution < -0.4 is 5.32 Å². The molecule has 0 saturated carbocycles. The topological polar surface area (TPSA) is 89.0 Å². The Hall–Kier alpha value is -1.15. The summed E-state index contributed by atoms with van der Waals surface area (Å²) in [6.45, 7) is 3.68. The Morgan fingerprint density at radius 3 is 2.80 bits per heavy atom. The summed E-state index contributed by atoms with van der Waals surface area (Å²) in [6, 6.07) is 1.58. The monoisotopic (exact) mass is 315 g/mol. The zero-order valence-electron chi connectivity index (χ0n) is 11.4. The van der Waals surface area contributed by atoms with Crippen molar-refractivity contribution >= 4 is 27.5 Å². The van der Waals surface area contributed by atoms with Crippen molar-refractivity contribution < 1.29 is 13.2 Å². The molecule has 1 aromatic rings. The van der Waals surface area contributed by atoms with Crippen LogP contribution in [-0.2, 0) is 14.6 Å². The van der Waals surface area contributed by atoms with Crippen LogP contribution in [0.1, 0.15) is 17.9 Å². The maximum atomic E-state index is 11.8. The van der Waals surface area contributed by atoms with Crippen LogP contribution in [0.5, 0.6) is 0 Å². The Morgan fingerprint density at radius 2 is 2.20 bits per heavy atom. The van der Waals surface area contributed by atoms with Gasteiger partial charge in [0, 0.05) is 11.7 Å². The molecule has 1 fully saturated rings. The lowest BCUT2D eigenvalue weighted by Crippen LogP contribution is -2.36. The maximum Gasteiger partial charge on any atom is 0.230 e. The lowest BCUT2D eigenvalue weighted by atomic mass is 10.3. The summed E-state index contributed by atoms with van der Waals surface area (Å²) in [7, 11) is -2.96. The normalized spacial score (nSPS) is 20.8. The molecular formula is C12H17N3O3S2. The summed E-state index contributed by atoms with van der Waals surface area (Å²) in [5, 5.41) is 3.51. The minimum Gasteiger partial charge on any atom is -0.352 e. The van der Waals surface area contributed by atoms with Crippen molar-refractivity contribution in [3.05, 3.63) is 17.6 Å². The van der Waals surface area contributed by atoms with Gasteiger partial charge in [-0.05, 0) is 26.3 Å². The molecule has 110 valence electrons. The molecule has 0 aliphatic carbocycles. The number of aromatic nitrogens is 2. The lowest BCUT2D eigenvalue weighted by molar-refractivity contribution is -0.119. The molecule has 0 bridgehead atoms. The SMILES string of the molecule is Cc1cc(SCC(=O)N[C@H]2CCS(=O)(=O)C2)nc(C)n1. The molecule has 0 aromatic carbocycles. The molecule has 1 N–H and O–H groups in total. The number of nitrogens with one attached hydrogen (secondary N) is 1. The van der Waals surface area contributed by atoms with E-state index in [0.29, 0.717) is 12.2 Å². The second kappa shape index (κ2) is 6.09. The van der Waals surface area contributed by atoms with E-state index in [-0.39, 0.29) is 29.2 Å². The number of carbonyl (C=O) groups excluding carboxylic acids is 1. The molecule has 0 spiro atoms.